The lowest BCUT2D eigenvalue weighted by molar-refractivity contribution is -0.124. The number of benzene rings is 1. The molecule has 100 valence electrons. The van der Waals surface area contributed by atoms with Crippen molar-refractivity contribution >= 4 is 16.9 Å². The number of fused-ring (bicyclic) bond motifs is 1. The van der Waals surface area contributed by atoms with E-state index in [-0.39, 0.29) is 5.56 Å². The van der Waals surface area contributed by atoms with Crippen LogP contribution in [0.4, 0.5) is 0 Å². The second kappa shape index (κ2) is 4.85. The average Bonchev–Trinajstić information content (AvgIpc) is 2.36. The molecular weight excluding hydrogens is 246 g/mol. The van der Waals surface area contributed by atoms with Gasteiger partial charge in [0.05, 0.1) is 17.6 Å². The third-order valence-corrected chi connectivity index (χ3v) is 3.16. The van der Waals surface area contributed by atoms with Crippen LogP contribution in [-0.4, -0.2) is 11.0 Å². The van der Waals surface area contributed by atoms with E-state index < -0.39 is 23.6 Å². The molecule has 0 aliphatic rings. The summed E-state index contributed by atoms with van der Waals surface area (Å²) in [7, 11) is 0. The van der Waals surface area contributed by atoms with Crippen molar-refractivity contribution in [2.24, 2.45) is 11.7 Å². The van der Waals surface area contributed by atoms with E-state index in [0.29, 0.717) is 11.0 Å². The maximum Gasteiger partial charge on any atom is 0.342 e. The van der Waals surface area contributed by atoms with Crippen LogP contribution in [0.25, 0.3) is 11.0 Å². The summed E-state index contributed by atoms with van der Waals surface area (Å²) < 4.78 is 5.16. The Labute approximate surface area is 109 Å². The van der Waals surface area contributed by atoms with E-state index in [1.54, 1.807) is 12.1 Å². The van der Waals surface area contributed by atoms with Crippen LogP contribution < -0.4 is 11.4 Å². The Bertz CT molecular complexity index is 689. The Morgan fingerprint density at radius 3 is 2.68 bits per heavy atom. The molecule has 2 atom stereocenters. The number of aliphatic hydroxyl groups excluding tert-OH is 1. The van der Waals surface area contributed by atoms with E-state index >= 15 is 0 Å². The van der Waals surface area contributed by atoms with Crippen LogP contribution in [0.3, 0.4) is 0 Å². The molecule has 0 spiro atoms. The van der Waals surface area contributed by atoms with Crippen molar-refractivity contribution in [2.45, 2.75) is 20.0 Å². The van der Waals surface area contributed by atoms with Crippen LogP contribution in [0.2, 0.25) is 0 Å². The molecule has 1 aromatic heterocycles. The number of hydrogen-bond donors (Lipinski definition) is 2. The number of carbonyl (C=O) groups excluding carboxylic acids is 1. The van der Waals surface area contributed by atoms with E-state index in [4.69, 9.17) is 10.2 Å². The number of rotatable bonds is 3. The molecule has 1 amide bonds. The van der Waals surface area contributed by atoms with Crippen molar-refractivity contribution in [3.8, 4) is 0 Å². The Morgan fingerprint density at radius 1 is 1.37 bits per heavy atom. The minimum Gasteiger partial charge on any atom is -0.422 e. The third-order valence-electron chi connectivity index (χ3n) is 3.16. The molecule has 5 heteroatoms. The second-order valence-corrected chi connectivity index (χ2v) is 4.67. The predicted octanol–water partition coefficient (Wildman–Crippen LogP) is 1.26. The summed E-state index contributed by atoms with van der Waals surface area (Å²) in [6, 6.07) is 6.93. The van der Waals surface area contributed by atoms with Gasteiger partial charge in [0.1, 0.15) is 5.58 Å². The van der Waals surface area contributed by atoms with E-state index in [9.17, 15) is 14.7 Å². The lowest BCUT2D eigenvalue weighted by Crippen LogP contribution is -2.28. The Balaban J connectivity index is 2.56. The zero-order valence-electron chi connectivity index (χ0n) is 10.7. The van der Waals surface area contributed by atoms with E-state index in [0.717, 1.165) is 5.56 Å². The number of aryl methyl sites for hydroxylation is 1. The van der Waals surface area contributed by atoms with Gasteiger partial charge in [0, 0.05) is 5.39 Å². The molecule has 0 fully saturated rings. The van der Waals surface area contributed by atoms with Gasteiger partial charge in [0.25, 0.3) is 0 Å². The second-order valence-electron chi connectivity index (χ2n) is 4.67. The number of nitrogens with two attached hydrogens (primary N) is 1. The predicted molar refractivity (Wildman–Crippen MR) is 70.5 cm³/mol. The first-order valence-corrected chi connectivity index (χ1v) is 5.92. The first kappa shape index (κ1) is 13.3. The van der Waals surface area contributed by atoms with Crippen molar-refractivity contribution < 1.29 is 14.3 Å². The SMILES string of the molecule is Cc1ccc2cc(C(O)C(C)C(N)=O)c(=O)oc2c1. The van der Waals surface area contributed by atoms with Crippen molar-refractivity contribution in [1.82, 2.24) is 0 Å². The summed E-state index contributed by atoms with van der Waals surface area (Å²) in [4.78, 5) is 22.9. The summed E-state index contributed by atoms with van der Waals surface area (Å²) in [5.74, 6) is -1.53. The molecule has 2 unspecified atom stereocenters. The van der Waals surface area contributed by atoms with Gasteiger partial charge in [-0.05, 0) is 24.6 Å². The number of primary amides is 1. The first-order chi connectivity index (χ1) is 8.90. The molecule has 2 rings (SSSR count). The fourth-order valence-corrected chi connectivity index (χ4v) is 1.87. The molecule has 2 aromatic rings. The monoisotopic (exact) mass is 261 g/mol. The Kier molecular flexibility index (Phi) is 3.40. The highest BCUT2D eigenvalue weighted by Gasteiger charge is 2.24. The lowest BCUT2D eigenvalue weighted by atomic mass is 9.97. The molecule has 0 aliphatic heterocycles. The van der Waals surface area contributed by atoms with E-state index in [1.807, 2.05) is 13.0 Å². The minimum absolute atomic E-state index is 0.0441. The maximum atomic E-state index is 11.8. The summed E-state index contributed by atoms with van der Waals surface area (Å²) in [5, 5.41) is 10.7. The van der Waals surface area contributed by atoms with E-state index in [2.05, 4.69) is 0 Å². The molecule has 0 aliphatic carbocycles. The summed E-state index contributed by atoms with van der Waals surface area (Å²) >= 11 is 0. The average molecular weight is 261 g/mol. The van der Waals surface area contributed by atoms with Gasteiger partial charge >= 0.3 is 5.63 Å². The first-order valence-electron chi connectivity index (χ1n) is 5.92. The maximum absolute atomic E-state index is 11.8. The summed E-state index contributed by atoms with van der Waals surface area (Å²) in [6.45, 7) is 3.35. The number of carbonyl (C=O) groups is 1. The van der Waals surface area contributed by atoms with Gasteiger partial charge in [-0.15, -0.1) is 0 Å². The highest BCUT2D eigenvalue weighted by molar-refractivity contribution is 5.79. The molecule has 0 bridgehead atoms. The molecule has 5 nitrogen and oxygen atoms in total. The van der Waals surface area contributed by atoms with E-state index in [1.165, 1.54) is 13.0 Å². The number of aliphatic hydroxyl groups is 1. The molecule has 3 N–H and O–H groups in total. The summed E-state index contributed by atoms with van der Waals surface area (Å²) in [5.41, 5.74) is 5.93. The largest absolute Gasteiger partial charge is 0.422 e. The van der Waals surface area contributed by atoms with Crippen molar-refractivity contribution in [3.05, 3.63) is 45.8 Å². The highest BCUT2D eigenvalue weighted by Crippen LogP contribution is 2.23. The molecule has 0 radical (unpaired) electrons. The summed E-state index contributed by atoms with van der Waals surface area (Å²) in [6.07, 6.45) is -1.26. The van der Waals surface area contributed by atoms with Gasteiger partial charge < -0.3 is 15.3 Å². The third kappa shape index (κ3) is 2.51. The fraction of sp³-hybridized carbons (Fsp3) is 0.286. The number of hydrogen-bond acceptors (Lipinski definition) is 4. The Morgan fingerprint density at radius 2 is 2.05 bits per heavy atom. The molecule has 1 aromatic carbocycles. The topological polar surface area (TPSA) is 93.5 Å². The minimum atomic E-state index is -1.26. The Hall–Kier alpha value is -2.14. The lowest BCUT2D eigenvalue weighted by Gasteiger charge is -2.15. The molecule has 19 heavy (non-hydrogen) atoms. The van der Waals surface area contributed by atoms with Crippen LogP contribution in [0.1, 0.15) is 24.2 Å². The van der Waals surface area contributed by atoms with Crippen molar-refractivity contribution in [3.63, 3.8) is 0 Å². The normalized spacial score (nSPS) is 14.3. The van der Waals surface area contributed by atoms with Gasteiger partial charge in [0.15, 0.2) is 0 Å². The van der Waals surface area contributed by atoms with Crippen LogP contribution in [-0.2, 0) is 4.79 Å². The van der Waals surface area contributed by atoms with Crippen molar-refractivity contribution in [2.75, 3.05) is 0 Å². The van der Waals surface area contributed by atoms with Crippen molar-refractivity contribution in [1.29, 1.82) is 0 Å². The highest BCUT2D eigenvalue weighted by atomic mass is 16.4. The van der Waals surface area contributed by atoms with Gasteiger partial charge in [-0.2, -0.15) is 0 Å². The fourth-order valence-electron chi connectivity index (χ4n) is 1.87. The van der Waals surface area contributed by atoms with Crippen LogP contribution in [0.5, 0.6) is 0 Å². The van der Waals surface area contributed by atoms with Gasteiger partial charge in [-0.3, -0.25) is 4.79 Å². The van der Waals surface area contributed by atoms with Crippen LogP contribution in [0.15, 0.2) is 33.5 Å². The zero-order valence-corrected chi connectivity index (χ0v) is 10.7. The number of amides is 1. The van der Waals surface area contributed by atoms with Gasteiger partial charge in [-0.1, -0.05) is 19.1 Å². The smallest absolute Gasteiger partial charge is 0.342 e. The molecular formula is C14H15NO4. The van der Waals surface area contributed by atoms with Gasteiger partial charge in [0.2, 0.25) is 5.91 Å². The quantitative estimate of drug-likeness (QED) is 0.813. The molecule has 0 saturated heterocycles. The van der Waals surface area contributed by atoms with Gasteiger partial charge in [-0.25, -0.2) is 4.79 Å². The van der Waals surface area contributed by atoms with Crippen LogP contribution >= 0.6 is 0 Å². The molecule has 0 saturated carbocycles. The molecule has 1 heterocycles. The van der Waals surface area contributed by atoms with Crippen LogP contribution in [0, 0.1) is 12.8 Å². The zero-order chi connectivity index (χ0) is 14.2. The standard InChI is InChI=1S/C14H15NO4/c1-7-3-4-9-6-10(12(16)8(2)13(15)17)14(18)19-11(9)5-7/h3-6,8,12,16H,1-2H3,(H2,15,17).